The van der Waals surface area contributed by atoms with Crippen LogP contribution in [0.4, 0.5) is 0 Å². The fourth-order valence-corrected chi connectivity index (χ4v) is 4.47. The van der Waals surface area contributed by atoms with Crippen LogP contribution in [0.15, 0.2) is 60.6 Å². The molecule has 1 aliphatic heterocycles. The van der Waals surface area contributed by atoms with Gasteiger partial charge in [0.15, 0.2) is 6.61 Å². The van der Waals surface area contributed by atoms with E-state index in [1.54, 1.807) is 30.3 Å². The molecule has 1 N–H and O–H groups in total. The second-order valence-electron chi connectivity index (χ2n) is 7.33. The molecule has 33 heavy (non-hydrogen) atoms. The lowest BCUT2D eigenvalue weighted by molar-refractivity contribution is -0.136. The molecule has 8 nitrogen and oxygen atoms in total. The van der Waals surface area contributed by atoms with Crippen LogP contribution in [0, 0.1) is 0 Å². The van der Waals surface area contributed by atoms with E-state index in [2.05, 4.69) is 37.2 Å². The fourth-order valence-electron chi connectivity index (χ4n) is 3.31. The molecule has 3 aromatic rings. The van der Waals surface area contributed by atoms with Crippen molar-refractivity contribution in [3.05, 3.63) is 67.4 Å². The molecular formula is C23H19Br2NO7. The van der Waals surface area contributed by atoms with Gasteiger partial charge in [0, 0.05) is 29.1 Å². The lowest BCUT2D eigenvalue weighted by atomic mass is 10.1. The van der Waals surface area contributed by atoms with Crippen molar-refractivity contribution in [3.8, 4) is 11.5 Å². The van der Waals surface area contributed by atoms with Gasteiger partial charge in [-0.05, 0) is 65.2 Å². The monoisotopic (exact) mass is 579 g/mol. The Hall–Kier alpha value is -2.69. The molecule has 172 valence electrons. The third-order valence-corrected chi connectivity index (χ3v) is 6.05. The first-order valence-electron chi connectivity index (χ1n) is 10.2. The zero-order valence-corrected chi connectivity index (χ0v) is 20.4. The molecule has 2 aromatic carbocycles. The number of fused-ring (bicyclic) bond motifs is 1. The minimum Gasteiger partial charge on any atom is -0.481 e. The molecule has 1 amide bonds. The van der Waals surface area contributed by atoms with Crippen molar-refractivity contribution in [2.75, 3.05) is 19.8 Å². The molecule has 0 bridgehead atoms. The summed E-state index contributed by atoms with van der Waals surface area (Å²) in [5.41, 5.74) is -0.685. The van der Waals surface area contributed by atoms with E-state index in [-0.39, 0.29) is 29.6 Å². The molecule has 2 heterocycles. The molecule has 1 unspecified atom stereocenters. The second-order valence-corrected chi connectivity index (χ2v) is 9.10. The Balaban J connectivity index is 1.40. The number of carbonyl (C=O) groups is 2. The van der Waals surface area contributed by atoms with E-state index >= 15 is 0 Å². The number of ether oxygens (including phenoxy) is 3. The van der Waals surface area contributed by atoms with Gasteiger partial charge in [-0.2, -0.15) is 0 Å². The minimum absolute atomic E-state index is 0.0347. The molecule has 1 fully saturated rings. The molecule has 1 aliphatic rings. The zero-order chi connectivity index (χ0) is 23.4. The molecule has 1 saturated heterocycles. The molecule has 0 aliphatic carbocycles. The van der Waals surface area contributed by atoms with Crippen LogP contribution in [0.5, 0.6) is 11.5 Å². The van der Waals surface area contributed by atoms with Crippen molar-refractivity contribution in [2.24, 2.45) is 0 Å². The van der Waals surface area contributed by atoms with Gasteiger partial charge in [-0.15, -0.1) is 0 Å². The van der Waals surface area contributed by atoms with Gasteiger partial charge < -0.3 is 23.9 Å². The molecule has 4 rings (SSSR count). The van der Waals surface area contributed by atoms with Crippen molar-refractivity contribution in [1.29, 1.82) is 0 Å². The van der Waals surface area contributed by atoms with E-state index in [1.165, 1.54) is 12.1 Å². The van der Waals surface area contributed by atoms with Crippen LogP contribution in [-0.2, 0) is 9.53 Å². The van der Waals surface area contributed by atoms with E-state index in [1.807, 2.05) is 0 Å². The van der Waals surface area contributed by atoms with Crippen LogP contribution < -0.4 is 20.4 Å². The first-order chi connectivity index (χ1) is 15.9. The first kappa shape index (κ1) is 23.5. The molecule has 10 heteroatoms. The van der Waals surface area contributed by atoms with Crippen LogP contribution in [0.25, 0.3) is 11.0 Å². The topological polar surface area (TPSA) is 104 Å². The predicted molar refractivity (Wildman–Crippen MR) is 127 cm³/mol. The third-order valence-electron chi connectivity index (χ3n) is 4.94. The van der Waals surface area contributed by atoms with Crippen molar-refractivity contribution in [3.63, 3.8) is 0 Å². The summed E-state index contributed by atoms with van der Waals surface area (Å²) in [6, 6.07) is 11.3. The summed E-state index contributed by atoms with van der Waals surface area (Å²) in [5, 5.41) is 3.23. The van der Waals surface area contributed by atoms with Crippen molar-refractivity contribution in [1.82, 2.24) is 5.32 Å². The van der Waals surface area contributed by atoms with Crippen LogP contribution >= 0.6 is 31.9 Å². The maximum Gasteiger partial charge on any atom is 0.349 e. The predicted octanol–water partition coefficient (Wildman–Crippen LogP) is 4.21. The Morgan fingerprint density at radius 1 is 1.12 bits per heavy atom. The molecule has 0 saturated carbocycles. The normalized spacial score (nSPS) is 15.4. The van der Waals surface area contributed by atoms with Crippen molar-refractivity contribution >= 4 is 54.7 Å². The van der Waals surface area contributed by atoms with Crippen LogP contribution in [0.1, 0.15) is 23.2 Å². The second kappa shape index (κ2) is 10.5. The maximum absolute atomic E-state index is 12.4. The number of carbonyl (C=O) groups excluding carboxylic acids is 2. The Labute approximate surface area is 205 Å². The van der Waals surface area contributed by atoms with Gasteiger partial charge in [0.2, 0.25) is 0 Å². The number of benzene rings is 2. The SMILES string of the molecule is O=C(COc1ccc(Br)cc1Br)Oc1ccc2cc(C(=O)NCC3CCCO3)c(=O)oc2c1. The molecule has 1 atom stereocenters. The Bertz CT molecular complexity index is 1250. The summed E-state index contributed by atoms with van der Waals surface area (Å²) in [6.45, 7) is 0.704. The van der Waals surface area contributed by atoms with Gasteiger partial charge >= 0.3 is 11.6 Å². The largest absolute Gasteiger partial charge is 0.481 e. The Morgan fingerprint density at radius 2 is 1.97 bits per heavy atom. The summed E-state index contributed by atoms with van der Waals surface area (Å²) >= 11 is 6.70. The zero-order valence-electron chi connectivity index (χ0n) is 17.3. The quantitative estimate of drug-likeness (QED) is 0.253. The standard InChI is InChI=1S/C23H19Br2NO7/c24-14-4-6-19(18(25)9-14)31-12-21(27)32-15-5-3-13-8-17(23(29)33-20(13)10-15)22(28)26-11-16-2-1-7-30-16/h3-6,8-10,16H,1-2,7,11-12H2,(H,26,28). The van der Waals surface area contributed by atoms with Crippen LogP contribution in [0.3, 0.4) is 0 Å². The lowest BCUT2D eigenvalue weighted by Gasteiger charge is -2.11. The van der Waals surface area contributed by atoms with Gasteiger partial charge in [0.1, 0.15) is 22.6 Å². The number of hydrogen-bond donors (Lipinski definition) is 1. The number of esters is 1. The highest BCUT2D eigenvalue weighted by Gasteiger charge is 2.19. The Morgan fingerprint density at radius 3 is 2.73 bits per heavy atom. The highest BCUT2D eigenvalue weighted by Crippen LogP contribution is 2.28. The molecule has 0 spiro atoms. The summed E-state index contributed by atoms with van der Waals surface area (Å²) in [5.74, 6) is -0.473. The first-order valence-corrected chi connectivity index (χ1v) is 11.7. The number of rotatable bonds is 7. The number of nitrogens with one attached hydrogen (secondary N) is 1. The van der Waals surface area contributed by atoms with E-state index in [0.717, 1.165) is 17.3 Å². The van der Waals surface area contributed by atoms with Crippen LogP contribution in [-0.4, -0.2) is 37.7 Å². The molecule has 1 aromatic heterocycles. The van der Waals surface area contributed by atoms with Gasteiger partial charge in [0.05, 0.1) is 10.6 Å². The lowest BCUT2D eigenvalue weighted by Crippen LogP contribution is -2.34. The van der Waals surface area contributed by atoms with Gasteiger partial charge in [0.25, 0.3) is 5.91 Å². The van der Waals surface area contributed by atoms with Crippen molar-refractivity contribution < 1.29 is 28.2 Å². The van der Waals surface area contributed by atoms with E-state index in [9.17, 15) is 14.4 Å². The van der Waals surface area contributed by atoms with E-state index in [0.29, 0.717) is 28.8 Å². The van der Waals surface area contributed by atoms with Gasteiger partial charge in [-0.3, -0.25) is 4.79 Å². The summed E-state index contributed by atoms with van der Waals surface area (Å²) in [4.78, 5) is 36.9. The van der Waals surface area contributed by atoms with E-state index in [4.69, 9.17) is 18.6 Å². The summed E-state index contributed by atoms with van der Waals surface area (Å²) in [6.07, 6.45) is 1.80. The molecular weight excluding hydrogens is 562 g/mol. The smallest absolute Gasteiger partial charge is 0.349 e. The minimum atomic E-state index is -0.778. The van der Waals surface area contributed by atoms with E-state index < -0.39 is 17.5 Å². The maximum atomic E-state index is 12.4. The highest BCUT2D eigenvalue weighted by molar-refractivity contribution is 9.11. The summed E-state index contributed by atoms with van der Waals surface area (Å²) in [7, 11) is 0. The molecule has 0 radical (unpaired) electrons. The third kappa shape index (κ3) is 6.01. The summed E-state index contributed by atoms with van der Waals surface area (Å²) < 4.78 is 23.0. The highest BCUT2D eigenvalue weighted by atomic mass is 79.9. The Kier molecular flexibility index (Phi) is 7.46. The number of amides is 1. The number of halogens is 2. The average molecular weight is 581 g/mol. The average Bonchev–Trinajstić information content (AvgIpc) is 3.30. The van der Waals surface area contributed by atoms with Crippen molar-refractivity contribution in [2.45, 2.75) is 18.9 Å². The van der Waals surface area contributed by atoms with Gasteiger partial charge in [-0.1, -0.05) is 15.9 Å². The number of hydrogen-bond acceptors (Lipinski definition) is 7. The van der Waals surface area contributed by atoms with Gasteiger partial charge in [-0.25, -0.2) is 9.59 Å². The fraction of sp³-hybridized carbons (Fsp3) is 0.261. The van der Waals surface area contributed by atoms with Crippen LogP contribution in [0.2, 0.25) is 0 Å².